The Labute approximate surface area is 127 Å². The van der Waals surface area contributed by atoms with Crippen LogP contribution >= 0.6 is 11.3 Å². The molecule has 2 aliphatic heterocycles. The van der Waals surface area contributed by atoms with E-state index in [-0.39, 0.29) is 36.4 Å². The number of nitrogens with zero attached hydrogens (tertiary/aromatic N) is 1. The summed E-state index contributed by atoms with van der Waals surface area (Å²) in [5, 5.41) is 11.1. The van der Waals surface area contributed by atoms with Gasteiger partial charge >= 0.3 is 11.9 Å². The van der Waals surface area contributed by atoms with E-state index in [0.717, 1.165) is 17.7 Å². The molecule has 1 aromatic rings. The number of piperidine rings is 1. The van der Waals surface area contributed by atoms with Gasteiger partial charge in [0.05, 0.1) is 19.6 Å². The van der Waals surface area contributed by atoms with Crippen LogP contribution in [0.25, 0.3) is 0 Å². The van der Waals surface area contributed by atoms with E-state index in [0.29, 0.717) is 6.42 Å². The van der Waals surface area contributed by atoms with Crippen molar-refractivity contribution >= 4 is 23.3 Å². The van der Waals surface area contributed by atoms with Crippen molar-refractivity contribution in [3.63, 3.8) is 0 Å². The van der Waals surface area contributed by atoms with Crippen molar-refractivity contribution in [3.05, 3.63) is 22.4 Å². The molecule has 2 bridgehead atoms. The van der Waals surface area contributed by atoms with Crippen LogP contribution in [0.3, 0.4) is 0 Å². The van der Waals surface area contributed by atoms with Crippen LogP contribution in [0.2, 0.25) is 0 Å². The van der Waals surface area contributed by atoms with Gasteiger partial charge in [0.2, 0.25) is 0 Å². The highest BCUT2D eigenvalue weighted by molar-refractivity contribution is 7.10. The monoisotopic (exact) mass is 309 g/mol. The van der Waals surface area contributed by atoms with Gasteiger partial charge in [0.1, 0.15) is 0 Å². The molecule has 2 fully saturated rings. The average molecular weight is 309 g/mol. The number of thiophene rings is 1. The van der Waals surface area contributed by atoms with Crippen LogP contribution in [0, 0.1) is 5.92 Å². The SMILES string of the molecule is COC(=O)[C@H]1C[C@@H]2CC[C@H]([C@H]1c1cccs1)N2CC(=O)O. The molecule has 0 aliphatic carbocycles. The minimum absolute atomic E-state index is 0.0514. The van der Waals surface area contributed by atoms with Gasteiger partial charge < -0.3 is 9.84 Å². The Morgan fingerprint density at radius 2 is 2.29 bits per heavy atom. The maximum absolute atomic E-state index is 12.2. The van der Waals surface area contributed by atoms with Gasteiger partial charge in [-0.1, -0.05) is 6.07 Å². The summed E-state index contributed by atoms with van der Waals surface area (Å²) in [6.45, 7) is 0.0606. The number of hydrogen-bond donors (Lipinski definition) is 1. The van der Waals surface area contributed by atoms with Crippen LogP contribution in [0.1, 0.15) is 30.1 Å². The molecule has 1 N–H and O–H groups in total. The lowest BCUT2D eigenvalue weighted by Gasteiger charge is -2.42. The fourth-order valence-corrected chi connectivity index (χ4v) is 4.93. The molecular formula is C15H19NO4S. The molecule has 21 heavy (non-hydrogen) atoms. The number of carboxylic acid groups (broad SMARTS) is 1. The van der Waals surface area contributed by atoms with Crippen molar-refractivity contribution in [2.24, 2.45) is 5.92 Å². The van der Waals surface area contributed by atoms with Gasteiger partial charge in [-0.3, -0.25) is 14.5 Å². The number of ether oxygens (including phenoxy) is 1. The predicted molar refractivity (Wildman–Crippen MR) is 78.3 cm³/mol. The molecule has 0 aromatic carbocycles. The van der Waals surface area contributed by atoms with Gasteiger partial charge in [-0.15, -0.1) is 11.3 Å². The number of aliphatic carboxylic acids is 1. The first-order valence-electron chi connectivity index (χ1n) is 7.20. The highest BCUT2D eigenvalue weighted by Crippen LogP contribution is 2.48. The fraction of sp³-hybridized carbons (Fsp3) is 0.600. The van der Waals surface area contributed by atoms with Crippen molar-refractivity contribution in [1.29, 1.82) is 0 Å². The fourth-order valence-electron chi connectivity index (χ4n) is 3.98. The molecule has 114 valence electrons. The van der Waals surface area contributed by atoms with Gasteiger partial charge in [-0.05, 0) is 30.7 Å². The van der Waals surface area contributed by atoms with Gasteiger partial charge in [0.15, 0.2) is 0 Å². The molecule has 2 saturated heterocycles. The number of esters is 1. The normalized spacial score (nSPS) is 32.0. The van der Waals surface area contributed by atoms with E-state index < -0.39 is 5.97 Å². The first kappa shape index (κ1) is 14.5. The van der Waals surface area contributed by atoms with Crippen molar-refractivity contribution in [1.82, 2.24) is 4.90 Å². The molecule has 0 unspecified atom stereocenters. The Morgan fingerprint density at radius 3 is 2.90 bits per heavy atom. The van der Waals surface area contributed by atoms with Crippen molar-refractivity contribution in [3.8, 4) is 0 Å². The zero-order valence-electron chi connectivity index (χ0n) is 11.9. The minimum Gasteiger partial charge on any atom is -0.480 e. The summed E-state index contributed by atoms with van der Waals surface area (Å²) >= 11 is 1.64. The Morgan fingerprint density at radius 1 is 1.48 bits per heavy atom. The van der Waals surface area contributed by atoms with Gasteiger partial charge in [0, 0.05) is 22.9 Å². The van der Waals surface area contributed by atoms with Crippen LogP contribution < -0.4 is 0 Å². The molecule has 0 spiro atoms. The van der Waals surface area contributed by atoms with E-state index >= 15 is 0 Å². The smallest absolute Gasteiger partial charge is 0.317 e. The zero-order chi connectivity index (χ0) is 15.0. The molecule has 2 aliphatic rings. The van der Waals surface area contributed by atoms with Crippen LogP contribution in [0.4, 0.5) is 0 Å². The van der Waals surface area contributed by atoms with E-state index in [1.807, 2.05) is 17.5 Å². The zero-order valence-corrected chi connectivity index (χ0v) is 12.7. The van der Waals surface area contributed by atoms with Crippen LogP contribution in [0.15, 0.2) is 17.5 Å². The topological polar surface area (TPSA) is 66.8 Å². The van der Waals surface area contributed by atoms with Crippen LogP contribution in [-0.4, -0.2) is 47.7 Å². The quantitative estimate of drug-likeness (QED) is 0.861. The van der Waals surface area contributed by atoms with Gasteiger partial charge in [-0.2, -0.15) is 0 Å². The summed E-state index contributed by atoms with van der Waals surface area (Å²) in [6.07, 6.45) is 2.61. The summed E-state index contributed by atoms with van der Waals surface area (Å²) in [5.74, 6) is -1.07. The maximum atomic E-state index is 12.2. The molecule has 4 atom stereocenters. The molecule has 0 radical (unpaired) electrons. The van der Waals surface area contributed by atoms with Crippen LogP contribution in [0.5, 0.6) is 0 Å². The largest absolute Gasteiger partial charge is 0.480 e. The number of hydrogen-bond acceptors (Lipinski definition) is 5. The third kappa shape index (κ3) is 2.58. The van der Waals surface area contributed by atoms with E-state index in [1.54, 1.807) is 11.3 Å². The number of fused-ring (bicyclic) bond motifs is 2. The van der Waals surface area contributed by atoms with E-state index in [4.69, 9.17) is 9.84 Å². The van der Waals surface area contributed by atoms with Gasteiger partial charge in [-0.25, -0.2) is 0 Å². The molecule has 3 rings (SSSR count). The van der Waals surface area contributed by atoms with Crippen molar-refractivity contribution in [2.45, 2.75) is 37.3 Å². The summed E-state index contributed by atoms with van der Waals surface area (Å²) in [4.78, 5) is 26.5. The van der Waals surface area contributed by atoms with Gasteiger partial charge in [0.25, 0.3) is 0 Å². The first-order valence-corrected chi connectivity index (χ1v) is 8.08. The second kappa shape index (κ2) is 5.77. The highest BCUT2D eigenvalue weighted by atomic mass is 32.1. The Hall–Kier alpha value is -1.40. The average Bonchev–Trinajstić information content (AvgIpc) is 3.06. The molecule has 6 heteroatoms. The molecule has 5 nitrogen and oxygen atoms in total. The standard InChI is InChI=1S/C15H19NO4S/c1-20-15(19)10-7-9-4-5-11(16(9)8-13(17)18)14(10)12-3-2-6-21-12/h2-3,6,9-11,14H,4-5,7-8H2,1H3,(H,17,18)/t9-,10-,11+,14-/m0/s1. The Bertz CT molecular complexity index is 530. The summed E-state index contributed by atoms with van der Waals surface area (Å²) in [7, 11) is 1.43. The highest BCUT2D eigenvalue weighted by Gasteiger charge is 2.51. The minimum atomic E-state index is -0.798. The van der Waals surface area contributed by atoms with E-state index in [2.05, 4.69) is 4.90 Å². The first-order chi connectivity index (χ1) is 10.1. The maximum Gasteiger partial charge on any atom is 0.317 e. The summed E-state index contributed by atoms with van der Waals surface area (Å²) in [6, 6.07) is 4.34. The molecule has 0 saturated carbocycles. The molecule has 0 amide bonds. The number of carbonyl (C=O) groups excluding carboxylic acids is 1. The molecule has 3 heterocycles. The number of carbonyl (C=O) groups is 2. The lowest BCUT2D eigenvalue weighted by molar-refractivity contribution is -0.150. The third-order valence-corrected chi connectivity index (χ3v) is 5.73. The lowest BCUT2D eigenvalue weighted by atomic mass is 9.79. The number of rotatable bonds is 4. The summed E-state index contributed by atoms with van der Waals surface area (Å²) in [5.41, 5.74) is 0. The number of methoxy groups -OCH3 is 1. The number of carboxylic acids is 1. The second-order valence-corrected chi connectivity index (χ2v) is 6.75. The van der Waals surface area contributed by atoms with Crippen molar-refractivity contribution < 1.29 is 19.4 Å². The molecule has 1 aromatic heterocycles. The Balaban J connectivity index is 1.93. The van der Waals surface area contributed by atoms with E-state index in [1.165, 1.54) is 7.11 Å². The predicted octanol–water partition coefficient (Wildman–Crippen LogP) is 1.94. The second-order valence-electron chi connectivity index (χ2n) is 5.77. The summed E-state index contributed by atoms with van der Waals surface area (Å²) < 4.78 is 4.99. The van der Waals surface area contributed by atoms with E-state index in [9.17, 15) is 9.59 Å². The Kier molecular flexibility index (Phi) is 3.99. The van der Waals surface area contributed by atoms with Crippen LogP contribution in [-0.2, 0) is 14.3 Å². The van der Waals surface area contributed by atoms with Crippen molar-refractivity contribution in [2.75, 3.05) is 13.7 Å². The third-order valence-electron chi connectivity index (χ3n) is 4.76. The lowest BCUT2D eigenvalue weighted by Crippen LogP contribution is -2.51. The molecular weight excluding hydrogens is 290 g/mol.